The van der Waals surface area contributed by atoms with Crippen molar-refractivity contribution in [2.75, 3.05) is 5.75 Å². The first kappa shape index (κ1) is 9.90. The molecular weight excluding hydrogens is 170 g/mol. The van der Waals surface area contributed by atoms with Crippen molar-refractivity contribution in [3.05, 3.63) is 0 Å². The number of thioether (sulfide) groups is 1. The molecule has 0 saturated heterocycles. The van der Waals surface area contributed by atoms with E-state index in [0.29, 0.717) is 0 Å². The van der Waals surface area contributed by atoms with E-state index in [1.807, 2.05) is 0 Å². The maximum atomic E-state index is 11.3. The van der Waals surface area contributed by atoms with Gasteiger partial charge in [0.1, 0.15) is 0 Å². The van der Waals surface area contributed by atoms with Crippen molar-refractivity contribution < 1.29 is 4.79 Å². The highest BCUT2D eigenvalue weighted by Gasteiger charge is 2.37. The molecule has 70 valence electrons. The average molecular weight is 187 g/mol. The van der Waals surface area contributed by atoms with E-state index in [9.17, 15) is 4.79 Å². The molecule has 2 nitrogen and oxygen atoms in total. The molecular formula is C9H17NOS. The van der Waals surface area contributed by atoms with Gasteiger partial charge in [0.25, 0.3) is 0 Å². The summed E-state index contributed by atoms with van der Waals surface area (Å²) in [5.74, 6) is 0.886. The lowest BCUT2D eigenvalue weighted by Crippen LogP contribution is -2.42. The normalized spacial score (nSPS) is 22.1. The summed E-state index contributed by atoms with van der Waals surface area (Å²) >= 11 is 1.73. The largest absolute Gasteiger partial charge is 0.368 e. The Morgan fingerprint density at radius 2 is 2.00 bits per heavy atom. The van der Waals surface area contributed by atoms with E-state index in [1.165, 1.54) is 6.42 Å². The zero-order chi connectivity index (χ0) is 9.03. The van der Waals surface area contributed by atoms with E-state index in [4.69, 9.17) is 5.73 Å². The minimum Gasteiger partial charge on any atom is -0.368 e. The molecule has 0 aliphatic heterocycles. The Bertz CT molecular complexity index is 158. The number of nitrogens with two attached hydrogens (primary N) is 1. The van der Waals surface area contributed by atoms with Gasteiger partial charge < -0.3 is 5.73 Å². The zero-order valence-corrected chi connectivity index (χ0v) is 8.45. The molecule has 0 unspecified atom stereocenters. The SMILES string of the molecule is CCSC1(C(N)=O)CCCCC1. The van der Waals surface area contributed by atoms with Crippen molar-refractivity contribution in [3.8, 4) is 0 Å². The Kier molecular flexibility index (Phi) is 3.44. The first-order chi connectivity index (χ1) is 5.71. The van der Waals surface area contributed by atoms with Crippen LogP contribution in [0.3, 0.4) is 0 Å². The molecule has 0 spiro atoms. The lowest BCUT2D eigenvalue weighted by molar-refractivity contribution is -0.121. The van der Waals surface area contributed by atoms with E-state index in [0.717, 1.165) is 31.4 Å². The van der Waals surface area contributed by atoms with E-state index >= 15 is 0 Å². The van der Waals surface area contributed by atoms with Crippen LogP contribution in [0.4, 0.5) is 0 Å². The first-order valence-corrected chi connectivity index (χ1v) is 5.64. The molecule has 0 radical (unpaired) electrons. The number of amides is 1. The Morgan fingerprint density at radius 3 is 2.42 bits per heavy atom. The van der Waals surface area contributed by atoms with Gasteiger partial charge in [-0.3, -0.25) is 4.79 Å². The molecule has 1 rings (SSSR count). The lowest BCUT2D eigenvalue weighted by atomic mass is 9.88. The lowest BCUT2D eigenvalue weighted by Gasteiger charge is -2.33. The Balaban J connectivity index is 2.63. The monoisotopic (exact) mass is 187 g/mol. The Labute approximate surface area is 78.3 Å². The molecule has 0 aromatic heterocycles. The molecule has 2 N–H and O–H groups in total. The summed E-state index contributed by atoms with van der Waals surface area (Å²) in [5.41, 5.74) is 5.43. The van der Waals surface area contributed by atoms with Crippen LogP contribution in [0.5, 0.6) is 0 Å². The highest BCUT2D eigenvalue weighted by molar-refractivity contribution is 8.01. The van der Waals surface area contributed by atoms with Crippen LogP contribution in [-0.2, 0) is 4.79 Å². The van der Waals surface area contributed by atoms with Crippen LogP contribution in [0.2, 0.25) is 0 Å². The third-order valence-corrected chi connectivity index (χ3v) is 3.98. The number of hydrogen-bond donors (Lipinski definition) is 1. The topological polar surface area (TPSA) is 43.1 Å². The Morgan fingerprint density at radius 1 is 1.42 bits per heavy atom. The molecule has 0 bridgehead atoms. The van der Waals surface area contributed by atoms with Gasteiger partial charge in [-0.25, -0.2) is 0 Å². The van der Waals surface area contributed by atoms with Gasteiger partial charge in [-0.2, -0.15) is 0 Å². The fourth-order valence-corrected chi connectivity index (χ4v) is 3.13. The van der Waals surface area contributed by atoms with E-state index in [1.54, 1.807) is 11.8 Å². The van der Waals surface area contributed by atoms with E-state index in [-0.39, 0.29) is 10.7 Å². The molecule has 1 saturated carbocycles. The van der Waals surface area contributed by atoms with E-state index in [2.05, 4.69) is 6.92 Å². The summed E-state index contributed by atoms with van der Waals surface area (Å²) in [5, 5.41) is 0. The van der Waals surface area contributed by atoms with E-state index < -0.39 is 0 Å². The summed E-state index contributed by atoms with van der Waals surface area (Å²) < 4.78 is -0.215. The van der Waals surface area contributed by atoms with Gasteiger partial charge in [-0.1, -0.05) is 26.2 Å². The predicted molar refractivity (Wildman–Crippen MR) is 53.1 cm³/mol. The molecule has 1 aliphatic rings. The van der Waals surface area contributed by atoms with Crippen molar-refractivity contribution in [2.24, 2.45) is 5.73 Å². The number of primary amides is 1. The minimum atomic E-state index is -0.215. The van der Waals surface area contributed by atoms with Crippen molar-refractivity contribution in [1.82, 2.24) is 0 Å². The second-order valence-electron chi connectivity index (χ2n) is 3.35. The van der Waals surface area contributed by atoms with Gasteiger partial charge in [0.2, 0.25) is 5.91 Å². The maximum absolute atomic E-state index is 11.3. The van der Waals surface area contributed by atoms with Gasteiger partial charge >= 0.3 is 0 Å². The number of carbonyl (C=O) groups is 1. The zero-order valence-electron chi connectivity index (χ0n) is 7.64. The quantitative estimate of drug-likeness (QED) is 0.733. The molecule has 12 heavy (non-hydrogen) atoms. The smallest absolute Gasteiger partial charge is 0.233 e. The first-order valence-electron chi connectivity index (χ1n) is 4.65. The maximum Gasteiger partial charge on any atom is 0.233 e. The molecule has 0 heterocycles. The summed E-state index contributed by atoms with van der Waals surface area (Å²) in [4.78, 5) is 11.3. The van der Waals surface area contributed by atoms with Crippen molar-refractivity contribution in [3.63, 3.8) is 0 Å². The highest BCUT2D eigenvalue weighted by atomic mass is 32.2. The minimum absolute atomic E-state index is 0.103. The molecule has 3 heteroatoms. The fraction of sp³-hybridized carbons (Fsp3) is 0.889. The third-order valence-electron chi connectivity index (χ3n) is 2.53. The number of hydrogen-bond acceptors (Lipinski definition) is 2. The van der Waals surface area contributed by atoms with Gasteiger partial charge in [-0.15, -0.1) is 11.8 Å². The van der Waals surface area contributed by atoms with Gasteiger partial charge in [0.05, 0.1) is 4.75 Å². The summed E-state index contributed by atoms with van der Waals surface area (Å²) in [6.45, 7) is 2.09. The second-order valence-corrected chi connectivity index (χ2v) is 5.00. The summed E-state index contributed by atoms with van der Waals surface area (Å²) in [6, 6.07) is 0. The van der Waals surface area contributed by atoms with Gasteiger partial charge in [0, 0.05) is 0 Å². The van der Waals surface area contributed by atoms with Crippen LogP contribution in [0.1, 0.15) is 39.0 Å². The van der Waals surface area contributed by atoms with Crippen LogP contribution < -0.4 is 5.73 Å². The Hall–Kier alpha value is -0.180. The molecule has 0 aromatic carbocycles. The fourth-order valence-electron chi connectivity index (χ4n) is 1.86. The molecule has 0 atom stereocenters. The van der Waals surface area contributed by atoms with Crippen LogP contribution in [-0.4, -0.2) is 16.4 Å². The molecule has 0 aromatic rings. The van der Waals surface area contributed by atoms with Crippen molar-refractivity contribution in [1.29, 1.82) is 0 Å². The molecule has 1 aliphatic carbocycles. The van der Waals surface area contributed by atoms with Crippen LogP contribution in [0.25, 0.3) is 0 Å². The number of rotatable bonds is 3. The van der Waals surface area contributed by atoms with Gasteiger partial charge in [0.15, 0.2) is 0 Å². The molecule has 1 fully saturated rings. The second kappa shape index (κ2) is 4.17. The van der Waals surface area contributed by atoms with Crippen molar-refractivity contribution in [2.45, 2.75) is 43.8 Å². The number of carbonyl (C=O) groups excluding carboxylic acids is 1. The van der Waals surface area contributed by atoms with Gasteiger partial charge in [-0.05, 0) is 18.6 Å². The van der Waals surface area contributed by atoms with Crippen LogP contribution >= 0.6 is 11.8 Å². The summed E-state index contributed by atoms with van der Waals surface area (Å²) in [7, 11) is 0. The predicted octanol–water partition coefficient (Wildman–Crippen LogP) is 1.93. The van der Waals surface area contributed by atoms with Crippen molar-refractivity contribution >= 4 is 17.7 Å². The molecule has 1 amide bonds. The summed E-state index contributed by atoms with van der Waals surface area (Å²) in [6.07, 6.45) is 5.56. The highest BCUT2D eigenvalue weighted by Crippen LogP contribution is 2.39. The van der Waals surface area contributed by atoms with Crippen LogP contribution in [0.15, 0.2) is 0 Å². The average Bonchev–Trinajstić information content (AvgIpc) is 2.06. The standard InChI is InChI=1S/C9H17NOS/c1-2-12-9(8(10)11)6-4-3-5-7-9/h2-7H2,1H3,(H2,10,11). The van der Waals surface area contributed by atoms with Crippen LogP contribution in [0, 0.1) is 0 Å². The third kappa shape index (κ3) is 1.94.